The minimum absolute atomic E-state index is 0.0109. The monoisotopic (exact) mass is 533 g/mol. The van der Waals surface area contributed by atoms with Crippen molar-refractivity contribution in [3.05, 3.63) is 92.8 Å². The largest absolute Gasteiger partial charge is 0.508 e. The van der Waals surface area contributed by atoms with E-state index in [1.165, 1.54) is 23.9 Å². The van der Waals surface area contributed by atoms with Gasteiger partial charge < -0.3 is 14.6 Å². The van der Waals surface area contributed by atoms with Crippen LogP contribution in [0.25, 0.3) is 16.5 Å². The van der Waals surface area contributed by atoms with Crippen LogP contribution in [-0.4, -0.2) is 22.8 Å². The maximum Gasteiger partial charge on any atom is 0.416 e. The molecule has 174 valence electrons. The highest BCUT2D eigenvalue weighted by Gasteiger charge is 2.30. The third kappa shape index (κ3) is 4.49. The van der Waals surface area contributed by atoms with E-state index >= 15 is 0 Å². The Kier molecular flexibility index (Phi) is 6.09. The number of esters is 1. The normalized spacial score (nSPS) is 11.4. The molecule has 0 spiro atoms. The minimum Gasteiger partial charge on any atom is -0.508 e. The molecule has 0 aliphatic rings. The molecule has 0 fully saturated rings. The lowest BCUT2D eigenvalue weighted by molar-refractivity contribution is -0.137. The number of fused-ring (bicyclic) bond motifs is 1. The van der Waals surface area contributed by atoms with E-state index in [9.17, 15) is 27.9 Å². The second kappa shape index (κ2) is 8.86. The van der Waals surface area contributed by atoms with Crippen LogP contribution in [0.5, 0.6) is 17.2 Å². The smallest absolute Gasteiger partial charge is 0.416 e. The topological polar surface area (TPSA) is 77.8 Å². The summed E-state index contributed by atoms with van der Waals surface area (Å²) < 4.78 is 50.6. The number of benzene rings is 3. The van der Waals surface area contributed by atoms with Gasteiger partial charge in [0.25, 0.3) is 5.56 Å². The number of phenolic OH excluding ortho intramolecular Hbond substituents is 1. The summed E-state index contributed by atoms with van der Waals surface area (Å²) in [4.78, 5) is 26.0. The van der Waals surface area contributed by atoms with Crippen LogP contribution in [0.15, 0.2) is 76.1 Å². The number of rotatable bonds is 4. The van der Waals surface area contributed by atoms with E-state index < -0.39 is 23.3 Å². The van der Waals surface area contributed by atoms with Gasteiger partial charge in [-0.05, 0) is 70.5 Å². The molecule has 1 heterocycles. The molecule has 0 aliphatic carbocycles. The molecule has 0 saturated carbocycles. The number of carbonyl (C=O) groups excluding carboxylic acids is 1. The summed E-state index contributed by atoms with van der Waals surface area (Å²) in [7, 11) is 1.51. The second-order valence-corrected chi connectivity index (χ2v) is 8.04. The van der Waals surface area contributed by atoms with Crippen LogP contribution < -0.4 is 15.0 Å². The Bertz CT molecular complexity index is 1450. The zero-order chi connectivity index (χ0) is 24.6. The van der Waals surface area contributed by atoms with Gasteiger partial charge in [-0.25, -0.2) is 4.79 Å². The molecule has 1 aromatic heterocycles. The van der Waals surface area contributed by atoms with Crippen LogP contribution in [0.2, 0.25) is 0 Å². The fourth-order valence-electron chi connectivity index (χ4n) is 3.34. The molecule has 10 heteroatoms. The Morgan fingerprint density at radius 2 is 1.68 bits per heavy atom. The first-order valence-electron chi connectivity index (χ1n) is 9.70. The van der Waals surface area contributed by atoms with Gasteiger partial charge in [0.05, 0.1) is 23.6 Å². The van der Waals surface area contributed by atoms with Crippen molar-refractivity contribution in [3.63, 3.8) is 0 Å². The fourth-order valence-corrected chi connectivity index (χ4v) is 3.86. The SMILES string of the molecule is COc1ccc(-n2cc(Br)c3cc(O)cc(OC(=O)c4ccc(C(F)(F)F)cc4)c3c2=O)cc1. The summed E-state index contributed by atoms with van der Waals surface area (Å²) in [6.45, 7) is 0. The van der Waals surface area contributed by atoms with Gasteiger partial charge in [0.15, 0.2) is 0 Å². The molecular formula is C24H15BrF3NO5. The van der Waals surface area contributed by atoms with Crippen molar-refractivity contribution in [2.45, 2.75) is 6.18 Å². The van der Waals surface area contributed by atoms with Crippen molar-refractivity contribution in [2.24, 2.45) is 0 Å². The Hall–Kier alpha value is -3.79. The average Bonchev–Trinajstić information content (AvgIpc) is 2.80. The number of aromatic nitrogens is 1. The number of aromatic hydroxyl groups is 1. The summed E-state index contributed by atoms with van der Waals surface area (Å²) in [5, 5.41) is 10.4. The van der Waals surface area contributed by atoms with Gasteiger partial charge in [-0.1, -0.05) is 0 Å². The highest BCUT2D eigenvalue weighted by Crippen LogP contribution is 2.34. The maximum atomic E-state index is 13.4. The molecule has 0 saturated heterocycles. The highest BCUT2D eigenvalue weighted by molar-refractivity contribution is 9.10. The number of nitrogens with zero attached hydrogens (tertiary/aromatic N) is 1. The summed E-state index contributed by atoms with van der Waals surface area (Å²) >= 11 is 3.37. The Balaban J connectivity index is 1.80. The summed E-state index contributed by atoms with van der Waals surface area (Å²) in [5.41, 5.74) is -1.12. The van der Waals surface area contributed by atoms with Crippen molar-refractivity contribution < 1.29 is 32.5 Å². The van der Waals surface area contributed by atoms with Crippen LogP contribution in [-0.2, 0) is 6.18 Å². The number of hydrogen-bond acceptors (Lipinski definition) is 5. The molecule has 0 atom stereocenters. The van der Waals surface area contributed by atoms with Gasteiger partial charge in [0, 0.05) is 27.8 Å². The summed E-state index contributed by atoms with van der Waals surface area (Å²) in [6.07, 6.45) is -3.05. The van der Waals surface area contributed by atoms with Gasteiger partial charge in [0.2, 0.25) is 0 Å². The number of pyridine rings is 1. The van der Waals surface area contributed by atoms with E-state index in [0.29, 0.717) is 15.9 Å². The average molecular weight is 534 g/mol. The minimum atomic E-state index is -4.55. The van der Waals surface area contributed by atoms with Crippen molar-refractivity contribution >= 4 is 32.7 Å². The number of ether oxygens (including phenoxy) is 2. The van der Waals surface area contributed by atoms with E-state index in [-0.39, 0.29) is 27.8 Å². The van der Waals surface area contributed by atoms with E-state index in [1.54, 1.807) is 24.3 Å². The number of halogens is 4. The second-order valence-electron chi connectivity index (χ2n) is 7.18. The van der Waals surface area contributed by atoms with Gasteiger partial charge in [-0.3, -0.25) is 9.36 Å². The first kappa shape index (κ1) is 23.4. The lowest BCUT2D eigenvalue weighted by Gasteiger charge is -2.14. The standard InChI is InChI=1S/C24H15BrF3NO5/c1-33-17-8-6-15(7-9-17)29-12-19(25)18-10-16(30)11-20(21(18)22(29)31)34-23(32)13-2-4-14(5-3-13)24(26,27)28/h2-12,30H,1H3. The van der Waals surface area contributed by atoms with Crippen LogP contribution in [0.3, 0.4) is 0 Å². The molecule has 0 bridgehead atoms. The van der Waals surface area contributed by atoms with E-state index in [0.717, 1.165) is 30.3 Å². The Morgan fingerprint density at radius 1 is 1.03 bits per heavy atom. The number of alkyl halides is 3. The van der Waals surface area contributed by atoms with Crippen molar-refractivity contribution in [1.82, 2.24) is 4.57 Å². The molecule has 4 aromatic rings. The third-order valence-corrected chi connectivity index (χ3v) is 5.65. The Morgan fingerprint density at radius 3 is 2.26 bits per heavy atom. The van der Waals surface area contributed by atoms with Crippen LogP contribution >= 0.6 is 15.9 Å². The zero-order valence-corrected chi connectivity index (χ0v) is 19.0. The summed E-state index contributed by atoms with van der Waals surface area (Å²) in [6, 6.07) is 12.5. The lowest BCUT2D eigenvalue weighted by Crippen LogP contribution is -2.20. The molecule has 1 N–H and O–H groups in total. The van der Waals surface area contributed by atoms with Gasteiger partial charge in [-0.15, -0.1) is 0 Å². The lowest BCUT2D eigenvalue weighted by atomic mass is 10.1. The van der Waals surface area contributed by atoms with E-state index in [4.69, 9.17) is 9.47 Å². The molecule has 0 amide bonds. The van der Waals surface area contributed by atoms with Crippen molar-refractivity contribution in [2.75, 3.05) is 7.11 Å². The molecule has 6 nitrogen and oxygen atoms in total. The van der Waals surface area contributed by atoms with E-state index in [1.807, 2.05) is 0 Å². The summed E-state index contributed by atoms with van der Waals surface area (Å²) in [5.74, 6) is -0.915. The molecule has 34 heavy (non-hydrogen) atoms. The quantitative estimate of drug-likeness (QED) is 0.268. The first-order valence-corrected chi connectivity index (χ1v) is 10.5. The molecule has 0 radical (unpaired) electrons. The first-order chi connectivity index (χ1) is 16.1. The van der Waals surface area contributed by atoms with Crippen LogP contribution in [0.1, 0.15) is 15.9 Å². The van der Waals surface area contributed by atoms with Gasteiger partial charge >= 0.3 is 12.1 Å². The Labute approximate surface area is 198 Å². The fraction of sp³-hybridized carbons (Fsp3) is 0.0833. The predicted octanol–water partition coefficient (Wildman–Crippen LogP) is 5.71. The molecule has 3 aromatic carbocycles. The van der Waals surface area contributed by atoms with Gasteiger partial charge in [-0.2, -0.15) is 13.2 Å². The molecule has 4 rings (SSSR count). The highest BCUT2D eigenvalue weighted by atomic mass is 79.9. The zero-order valence-electron chi connectivity index (χ0n) is 17.4. The number of phenols is 1. The molecule has 0 aliphatic heterocycles. The number of carbonyl (C=O) groups is 1. The van der Waals surface area contributed by atoms with E-state index in [2.05, 4.69) is 15.9 Å². The van der Waals surface area contributed by atoms with Crippen LogP contribution in [0, 0.1) is 0 Å². The number of methoxy groups -OCH3 is 1. The molecular weight excluding hydrogens is 519 g/mol. The maximum absolute atomic E-state index is 13.4. The van der Waals surface area contributed by atoms with Crippen LogP contribution in [0.4, 0.5) is 13.2 Å². The molecule has 0 unspecified atom stereocenters. The van der Waals surface area contributed by atoms with Crippen molar-refractivity contribution in [3.8, 4) is 22.9 Å². The predicted molar refractivity (Wildman–Crippen MR) is 122 cm³/mol. The number of hydrogen-bond donors (Lipinski definition) is 1. The third-order valence-electron chi connectivity index (χ3n) is 5.02. The van der Waals surface area contributed by atoms with Gasteiger partial charge in [0.1, 0.15) is 17.2 Å². The van der Waals surface area contributed by atoms with Crippen molar-refractivity contribution in [1.29, 1.82) is 0 Å².